The quantitative estimate of drug-likeness (QED) is 0.887. The summed E-state index contributed by atoms with van der Waals surface area (Å²) in [4.78, 5) is 2.53. The Hall–Kier alpha value is -1.11. The largest absolute Gasteiger partial charge is 0.382 e. The van der Waals surface area contributed by atoms with Crippen LogP contribution in [0.5, 0.6) is 0 Å². The molecule has 6 heteroatoms. The van der Waals surface area contributed by atoms with Crippen molar-refractivity contribution in [3.63, 3.8) is 0 Å². The van der Waals surface area contributed by atoms with Crippen LogP contribution < -0.4 is 10.5 Å². The Bertz CT molecular complexity index is 572. The maximum Gasteiger partial charge on any atom is 0.238 e. The van der Waals surface area contributed by atoms with Gasteiger partial charge < -0.3 is 10.2 Å². The molecule has 1 saturated heterocycles. The van der Waals surface area contributed by atoms with E-state index in [1.807, 2.05) is 6.07 Å². The van der Waals surface area contributed by atoms with Gasteiger partial charge in [0.1, 0.15) is 0 Å². The van der Waals surface area contributed by atoms with Gasteiger partial charge in [-0.2, -0.15) is 0 Å². The van der Waals surface area contributed by atoms with Crippen molar-refractivity contribution in [2.45, 2.75) is 37.1 Å². The van der Waals surface area contributed by atoms with E-state index in [1.165, 1.54) is 0 Å². The van der Waals surface area contributed by atoms with E-state index in [1.54, 1.807) is 19.1 Å². The number of benzene rings is 1. The second-order valence-electron chi connectivity index (χ2n) is 5.55. The number of likely N-dealkylation sites (tertiary alicyclic amines) is 1. The summed E-state index contributed by atoms with van der Waals surface area (Å²) < 4.78 is 23.1. The standard InChI is InChI=1S/C14H23N3O2S/c1-11-13(6-3-7-14(11)20(15,18)19)16-12-5-4-9-17(2)10-8-12/h3,6-7,12,16H,4-5,8-10H2,1-2H3,(H2,15,18,19). The van der Waals surface area contributed by atoms with Crippen LogP contribution in [0.15, 0.2) is 23.1 Å². The van der Waals surface area contributed by atoms with Crippen molar-refractivity contribution in [3.8, 4) is 0 Å². The molecule has 1 aliphatic heterocycles. The molecule has 1 aromatic rings. The van der Waals surface area contributed by atoms with E-state index in [9.17, 15) is 8.42 Å². The lowest BCUT2D eigenvalue weighted by Crippen LogP contribution is -2.23. The monoisotopic (exact) mass is 297 g/mol. The second kappa shape index (κ2) is 6.11. The van der Waals surface area contributed by atoms with Gasteiger partial charge >= 0.3 is 0 Å². The SMILES string of the molecule is Cc1c(NC2CCCN(C)CC2)cccc1S(N)(=O)=O. The summed E-state index contributed by atoms with van der Waals surface area (Å²) >= 11 is 0. The van der Waals surface area contributed by atoms with Crippen molar-refractivity contribution in [2.24, 2.45) is 5.14 Å². The number of rotatable bonds is 3. The summed E-state index contributed by atoms with van der Waals surface area (Å²) in [7, 11) is -1.53. The molecule has 1 aromatic carbocycles. The van der Waals surface area contributed by atoms with Gasteiger partial charge in [0.25, 0.3) is 0 Å². The minimum atomic E-state index is -3.66. The minimum Gasteiger partial charge on any atom is -0.382 e. The zero-order chi connectivity index (χ0) is 14.8. The van der Waals surface area contributed by atoms with Gasteiger partial charge in [0, 0.05) is 11.7 Å². The van der Waals surface area contributed by atoms with Gasteiger partial charge in [-0.3, -0.25) is 0 Å². The van der Waals surface area contributed by atoms with Crippen LogP contribution in [0.1, 0.15) is 24.8 Å². The van der Waals surface area contributed by atoms with Crippen LogP contribution in [0.4, 0.5) is 5.69 Å². The molecule has 3 N–H and O–H groups in total. The highest BCUT2D eigenvalue weighted by Gasteiger charge is 2.18. The van der Waals surface area contributed by atoms with Crippen LogP contribution in [-0.2, 0) is 10.0 Å². The van der Waals surface area contributed by atoms with Crippen molar-refractivity contribution >= 4 is 15.7 Å². The minimum absolute atomic E-state index is 0.202. The Labute approximate surface area is 121 Å². The molecule has 20 heavy (non-hydrogen) atoms. The summed E-state index contributed by atoms with van der Waals surface area (Å²) in [5.41, 5.74) is 1.57. The lowest BCUT2D eigenvalue weighted by molar-refractivity contribution is 0.348. The number of primary sulfonamides is 1. The van der Waals surface area contributed by atoms with E-state index in [4.69, 9.17) is 5.14 Å². The zero-order valence-corrected chi connectivity index (χ0v) is 12.9. The van der Waals surface area contributed by atoms with E-state index >= 15 is 0 Å². The molecule has 0 aromatic heterocycles. The molecule has 1 unspecified atom stereocenters. The number of nitrogens with two attached hydrogens (primary N) is 1. The molecule has 0 spiro atoms. The third-order valence-corrected chi connectivity index (χ3v) is 4.96. The predicted octanol–water partition coefficient (Wildman–Crippen LogP) is 1.54. The second-order valence-corrected chi connectivity index (χ2v) is 7.08. The van der Waals surface area contributed by atoms with Crippen LogP contribution in [0, 0.1) is 6.92 Å². The Morgan fingerprint density at radius 2 is 2.05 bits per heavy atom. The molecule has 0 saturated carbocycles. The Morgan fingerprint density at radius 1 is 1.30 bits per heavy atom. The normalized spacial score (nSPS) is 21.4. The molecule has 5 nitrogen and oxygen atoms in total. The third-order valence-electron chi connectivity index (χ3n) is 3.90. The Kier molecular flexibility index (Phi) is 4.67. The highest BCUT2D eigenvalue weighted by atomic mass is 32.2. The van der Waals surface area contributed by atoms with Crippen LogP contribution in [-0.4, -0.2) is 39.5 Å². The summed E-state index contributed by atoms with van der Waals surface area (Å²) in [6, 6.07) is 5.59. The Morgan fingerprint density at radius 3 is 2.75 bits per heavy atom. The number of nitrogens with one attached hydrogen (secondary N) is 1. The van der Waals surface area contributed by atoms with Gasteiger partial charge in [-0.1, -0.05) is 6.07 Å². The van der Waals surface area contributed by atoms with E-state index in [0.29, 0.717) is 11.6 Å². The molecular weight excluding hydrogens is 274 g/mol. The van der Waals surface area contributed by atoms with Crippen molar-refractivity contribution in [2.75, 3.05) is 25.5 Å². The average Bonchev–Trinajstić information content (AvgIpc) is 2.56. The first-order valence-electron chi connectivity index (χ1n) is 6.95. The van der Waals surface area contributed by atoms with E-state index in [0.717, 1.165) is 38.0 Å². The maximum atomic E-state index is 11.5. The molecule has 1 aliphatic rings. The van der Waals surface area contributed by atoms with Crippen molar-refractivity contribution < 1.29 is 8.42 Å². The van der Waals surface area contributed by atoms with E-state index in [2.05, 4.69) is 17.3 Å². The highest BCUT2D eigenvalue weighted by Crippen LogP contribution is 2.24. The molecule has 1 atom stereocenters. The van der Waals surface area contributed by atoms with Gasteiger partial charge in [-0.25, -0.2) is 13.6 Å². The molecule has 0 radical (unpaired) electrons. The van der Waals surface area contributed by atoms with Gasteiger partial charge in [-0.05, 0) is 64.0 Å². The summed E-state index contributed by atoms with van der Waals surface area (Å²) in [5.74, 6) is 0. The third kappa shape index (κ3) is 3.71. The lowest BCUT2D eigenvalue weighted by Gasteiger charge is -2.20. The van der Waals surface area contributed by atoms with Crippen LogP contribution in [0.2, 0.25) is 0 Å². The van der Waals surface area contributed by atoms with Gasteiger partial charge in [-0.15, -0.1) is 0 Å². The summed E-state index contributed by atoms with van der Waals surface area (Å²) in [6.45, 7) is 3.98. The van der Waals surface area contributed by atoms with Crippen LogP contribution in [0.3, 0.4) is 0 Å². The Balaban J connectivity index is 2.17. The van der Waals surface area contributed by atoms with Crippen LogP contribution >= 0.6 is 0 Å². The molecule has 112 valence electrons. The van der Waals surface area contributed by atoms with Crippen molar-refractivity contribution in [3.05, 3.63) is 23.8 Å². The molecule has 2 rings (SSSR count). The molecule has 0 bridgehead atoms. The zero-order valence-electron chi connectivity index (χ0n) is 12.1. The number of nitrogens with zero attached hydrogens (tertiary/aromatic N) is 1. The van der Waals surface area contributed by atoms with Gasteiger partial charge in [0.2, 0.25) is 10.0 Å². The van der Waals surface area contributed by atoms with Crippen LogP contribution in [0.25, 0.3) is 0 Å². The first kappa shape index (κ1) is 15.3. The number of sulfonamides is 1. The average molecular weight is 297 g/mol. The first-order chi connectivity index (χ1) is 9.38. The van der Waals surface area contributed by atoms with Crippen molar-refractivity contribution in [1.82, 2.24) is 4.90 Å². The van der Waals surface area contributed by atoms with E-state index in [-0.39, 0.29) is 4.90 Å². The number of anilines is 1. The smallest absolute Gasteiger partial charge is 0.238 e. The topological polar surface area (TPSA) is 75.4 Å². The molecule has 0 amide bonds. The molecule has 0 aliphatic carbocycles. The lowest BCUT2D eigenvalue weighted by atomic mass is 10.1. The molecule has 1 heterocycles. The van der Waals surface area contributed by atoms with Crippen molar-refractivity contribution in [1.29, 1.82) is 0 Å². The molecule has 1 fully saturated rings. The summed E-state index contributed by atoms with van der Waals surface area (Å²) in [6.07, 6.45) is 3.32. The fourth-order valence-corrected chi connectivity index (χ4v) is 3.49. The molecular formula is C14H23N3O2S. The fourth-order valence-electron chi connectivity index (χ4n) is 2.68. The fraction of sp³-hybridized carbons (Fsp3) is 0.571. The van der Waals surface area contributed by atoms with Gasteiger partial charge in [0.05, 0.1) is 4.90 Å². The van der Waals surface area contributed by atoms with Gasteiger partial charge in [0.15, 0.2) is 0 Å². The van der Waals surface area contributed by atoms with E-state index < -0.39 is 10.0 Å². The predicted molar refractivity (Wildman–Crippen MR) is 81.3 cm³/mol. The highest BCUT2D eigenvalue weighted by molar-refractivity contribution is 7.89. The number of hydrogen-bond acceptors (Lipinski definition) is 4. The number of hydrogen-bond donors (Lipinski definition) is 2. The maximum absolute atomic E-state index is 11.5. The summed E-state index contributed by atoms with van der Waals surface area (Å²) in [5, 5.41) is 8.72. The first-order valence-corrected chi connectivity index (χ1v) is 8.50.